The van der Waals surface area contributed by atoms with Gasteiger partial charge in [0.05, 0.1) is 0 Å². The van der Waals surface area contributed by atoms with Gasteiger partial charge in [-0.05, 0) is 61.4 Å². The zero-order valence-electron chi connectivity index (χ0n) is 12.9. The molecule has 0 aliphatic carbocycles. The van der Waals surface area contributed by atoms with Crippen molar-refractivity contribution in [2.24, 2.45) is 0 Å². The molecular weight excluding hydrogens is 291 g/mol. The van der Waals surface area contributed by atoms with E-state index in [1.807, 2.05) is 29.2 Å². The number of piperidine rings is 1. The van der Waals surface area contributed by atoms with E-state index in [0.29, 0.717) is 11.6 Å². The van der Waals surface area contributed by atoms with Crippen LogP contribution in [0.25, 0.3) is 0 Å². The zero-order chi connectivity index (χ0) is 15.8. The molecule has 1 amide bonds. The van der Waals surface area contributed by atoms with E-state index < -0.39 is 0 Å². The highest BCUT2D eigenvalue weighted by Gasteiger charge is 2.43. The van der Waals surface area contributed by atoms with E-state index in [-0.39, 0.29) is 23.8 Å². The maximum atomic E-state index is 13.1. The summed E-state index contributed by atoms with van der Waals surface area (Å²) in [6.45, 7) is 0. The minimum absolute atomic E-state index is 0.0515. The Labute approximate surface area is 135 Å². The molecule has 0 radical (unpaired) electrons. The third-order valence-corrected chi connectivity index (χ3v) is 5.19. The van der Waals surface area contributed by atoms with Crippen molar-refractivity contribution in [1.29, 1.82) is 0 Å². The van der Waals surface area contributed by atoms with Gasteiger partial charge in [-0.1, -0.05) is 18.2 Å². The Morgan fingerprint density at radius 1 is 1.04 bits per heavy atom. The number of halogens is 1. The lowest BCUT2D eigenvalue weighted by atomic mass is 9.85. The summed E-state index contributed by atoms with van der Waals surface area (Å²) in [4.78, 5) is 19.0. The zero-order valence-corrected chi connectivity index (χ0v) is 12.9. The van der Waals surface area contributed by atoms with Crippen LogP contribution in [0.15, 0.2) is 48.7 Å². The van der Waals surface area contributed by atoms with Crippen LogP contribution in [0.3, 0.4) is 0 Å². The van der Waals surface area contributed by atoms with Gasteiger partial charge in [-0.25, -0.2) is 4.39 Å². The molecular formula is C19H19FN2O. The second-order valence-corrected chi connectivity index (χ2v) is 6.53. The van der Waals surface area contributed by atoms with Crippen molar-refractivity contribution in [2.45, 2.75) is 43.7 Å². The van der Waals surface area contributed by atoms with Crippen LogP contribution in [-0.4, -0.2) is 27.9 Å². The Bertz CT molecular complexity index is 687. The number of amides is 1. The van der Waals surface area contributed by atoms with Gasteiger partial charge in [-0.15, -0.1) is 0 Å². The molecule has 1 aromatic heterocycles. The molecule has 2 atom stereocenters. The van der Waals surface area contributed by atoms with Gasteiger partial charge in [0, 0.05) is 18.3 Å². The predicted molar refractivity (Wildman–Crippen MR) is 85.6 cm³/mol. The number of carbonyl (C=O) groups excluding carboxylic acids is 1. The van der Waals surface area contributed by atoms with Crippen LogP contribution < -0.4 is 0 Å². The van der Waals surface area contributed by atoms with Gasteiger partial charge in [0.25, 0.3) is 5.91 Å². The number of fused-ring (bicyclic) bond motifs is 2. The quantitative estimate of drug-likeness (QED) is 0.846. The molecule has 4 rings (SSSR count). The Morgan fingerprint density at radius 2 is 1.74 bits per heavy atom. The van der Waals surface area contributed by atoms with Crippen LogP contribution in [-0.2, 0) is 0 Å². The van der Waals surface area contributed by atoms with Crippen molar-refractivity contribution in [3.63, 3.8) is 0 Å². The minimum Gasteiger partial charge on any atom is -0.331 e. The van der Waals surface area contributed by atoms with Crippen molar-refractivity contribution in [2.75, 3.05) is 0 Å². The smallest absolute Gasteiger partial charge is 0.272 e. The van der Waals surface area contributed by atoms with Crippen molar-refractivity contribution < 1.29 is 9.18 Å². The standard InChI is InChI=1S/C19H19FN2O/c20-15-6-4-13(5-7-15)14-11-16-8-9-17(12-14)22(16)19(23)18-3-1-2-10-21-18/h1-7,10,14,16-17H,8-9,11-12H2/t16-,17-/m0/s1. The van der Waals surface area contributed by atoms with Crippen LogP contribution in [0.5, 0.6) is 0 Å². The molecule has 0 N–H and O–H groups in total. The fourth-order valence-electron chi connectivity index (χ4n) is 4.14. The van der Waals surface area contributed by atoms with Gasteiger partial charge in [-0.2, -0.15) is 0 Å². The number of rotatable bonds is 2. The maximum absolute atomic E-state index is 13.1. The van der Waals surface area contributed by atoms with E-state index in [9.17, 15) is 9.18 Å². The van der Waals surface area contributed by atoms with E-state index in [0.717, 1.165) is 25.7 Å². The molecule has 3 heterocycles. The molecule has 2 aliphatic heterocycles. The molecule has 3 nitrogen and oxygen atoms in total. The molecule has 2 aromatic rings. The summed E-state index contributed by atoms with van der Waals surface area (Å²) in [5.74, 6) is 0.274. The van der Waals surface area contributed by atoms with E-state index in [1.165, 1.54) is 17.7 Å². The molecule has 23 heavy (non-hydrogen) atoms. The summed E-state index contributed by atoms with van der Waals surface area (Å²) in [5.41, 5.74) is 1.72. The van der Waals surface area contributed by atoms with E-state index in [1.54, 1.807) is 12.3 Å². The van der Waals surface area contributed by atoms with Crippen LogP contribution >= 0.6 is 0 Å². The lowest BCUT2D eigenvalue weighted by molar-refractivity contribution is 0.0565. The van der Waals surface area contributed by atoms with Crippen LogP contribution in [0.2, 0.25) is 0 Å². The van der Waals surface area contributed by atoms with Crippen molar-refractivity contribution in [3.8, 4) is 0 Å². The highest BCUT2D eigenvalue weighted by Crippen LogP contribution is 2.43. The minimum atomic E-state index is -0.195. The summed E-state index contributed by atoms with van der Waals surface area (Å²) in [6, 6.07) is 12.8. The Kier molecular flexibility index (Phi) is 3.60. The first-order valence-corrected chi connectivity index (χ1v) is 8.21. The van der Waals surface area contributed by atoms with E-state index >= 15 is 0 Å². The first-order valence-electron chi connectivity index (χ1n) is 8.21. The number of hydrogen-bond donors (Lipinski definition) is 0. The normalized spacial score (nSPS) is 26.3. The van der Waals surface area contributed by atoms with Crippen molar-refractivity contribution in [1.82, 2.24) is 9.88 Å². The SMILES string of the molecule is O=C(c1ccccn1)N1[C@H]2CC[C@H]1CC(c1ccc(F)cc1)C2. The average Bonchev–Trinajstić information content (AvgIpc) is 2.85. The molecule has 0 saturated carbocycles. The van der Waals surface area contributed by atoms with E-state index in [4.69, 9.17) is 0 Å². The lowest BCUT2D eigenvalue weighted by Crippen LogP contribution is -2.46. The summed E-state index contributed by atoms with van der Waals surface area (Å²) in [7, 11) is 0. The molecule has 2 fully saturated rings. The first kappa shape index (κ1) is 14.4. The molecule has 2 saturated heterocycles. The molecule has 4 heteroatoms. The number of nitrogens with zero attached hydrogens (tertiary/aromatic N) is 2. The molecule has 2 aliphatic rings. The predicted octanol–water partition coefficient (Wildman–Crippen LogP) is 3.77. The summed E-state index contributed by atoms with van der Waals surface area (Å²) < 4.78 is 13.1. The summed E-state index contributed by atoms with van der Waals surface area (Å²) in [6.07, 6.45) is 5.70. The topological polar surface area (TPSA) is 33.2 Å². The van der Waals surface area contributed by atoms with Crippen LogP contribution in [0.4, 0.5) is 4.39 Å². The van der Waals surface area contributed by atoms with Gasteiger partial charge < -0.3 is 4.90 Å². The fraction of sp³-hybridized carbons (Fsp3) is 0.368. The first-order chi connectivity index (χ1) is 11.2. The van der Waals surface area contributed by atoms with Gasteiger partial charge in [0.2, 0.25) is 0 Å². The van der Waals surface area contributed by atoms with E-state index in [2.05, 4.69) is 4.98 Å². The Morgan fingerprint density at radius 3 is 2.35 bits per heavy atom. The third kappa shape index (κ3) is 2.62. The molecule has 118 valence electrons. The monoisotopic (exact) mass is 310 g/mol. The Balaban J connectivity index is 1.54. The number of carbonyl (C=O) groups is 1. The lowest BCUT2D eigenvalue weighted by Gasteiger charge is -2.39. The number of benzene rings is 1. The molecule has 0 spiro atoms. The molecule has 0 unspecified atom stereocenters. The number of aromatic nitrogens is 1. The second-order valence-electron chi connectivity index (χ2n) is 6.53. The number of hydrogen-bond acceptors (Lipinski definition) is 2. The van der Waals surface area contributed by atoms with Gasteiger partial charge in [-0.3, -0.25) is 9.78 Å². The molecule has 2 bridgehead atoms. The highest BCUT2D eigenvalue weighted by molar-refractivity contribution is 5.93. The molecule has 1 aromatic carbocycles. The van der Waals surface area contributed by atoms with Crippen molar-refractivity contribution in [3.05, 3.63) is 65.7 Å². The van der Waals surface area contributed by atoms with Crippen molar-refractivity contribution >= 4 is 5.91 Å². The number of pyridine rings is 1. The summed E-state index contributed by atoms with van der Waals surface area (Å²) in [5, 5.41) is 0. The van der Waals surface area contributed by atoms with Gasteiger partial charge in [0.15, 0.2) is 0 Å². The van der Waals surface area contributed by atoms with Crippen LogP contribution in [0, 0.1) is 5.82 Å². The second kappa shape index (κ2) is 5.76. The van der Waals surface area contributed by atoms with Crippen LogP contribution in [0.1, 0.15) is 47.7 Å². The fourth-order valence-corrected chi connectivity index (χ4v) is 4.14. The van der Waals surface area contributed by atoms with Gasteiger partial charge >= 0.3 is 0 Å². The average molecular weight is 310 g/mol. The third-order valence-electron chi connectivity index (χ3n) is 5.19. The maximum Gasteiger partial charge on any atom is 0.272 e. The Hall–Kier alpha value is -2.23. The largest absolute Gasteiger partial charge is 0.331 e. The van der Waals surface area contributed by atoms with Gasteiger partial charge in [0.1, 0.15) is 11.5 Å². The summed E-state index contributed by atoms with van der Waals surface area (Å²) >= 11 is 0. The highest BCUT2D eigenvalue weighted by atomic mass is 19.1.